The van der Waals surface area contributed by atoms with Crippen LogP contribution in [0.2, 0.25) is 0 Å². The van der Waals surface area contributed by atoms with E-state index < -0.39 is 10.0 Å². The number of likely N-dealkylation sites (tertiary alicyclic amines) is 1. The first-order valence-electron chi connectivity index (χ1n) is 11.7. The molecule has 0 aromatic heterocycles. The van der Waals surface area contributed by atoms with Crippen molar-refractivity contribution in [3.8, 4) is 0 Å². The molecule has 1 spiro atoms. The molecule has 2 heterocycles. The summed E-state index contributed by atoms with van der Waals surface area (Å²) in [7, 11) is -3.23. The van der Waals surface area contributed by atoms with Crippen molar-refractivity contribution in [2.75, 3.05) is 37.8 Å². The number of rotatable bonds is 4. The molecule has 1 aliphatic carbocycles. The SMILES string of the molecule is CC1(C)CCC2(CCN(CC(=O)Nc3ccc4c(c3)CCCC4)CC2)CN1S(C)(=O)=O. The van der Waals surface area contributed by atoms with E-state index in [1.54, 1.807) is 4.31 Å². The van der Waals surface area contributed by atoms with E-state index >= 15 is 0 Å². The summed E-state index contributed by atoms with van der Waals surface area (Å²) in [5.74, 6) is 0.0363. The molecular formula is C24H37N3O3S. The van der Waals surface area contributed by atoms with Crippen molar-refractivity contribution < 1.29 is 13.2 Å². The van der Waals surface area contributed by atoms with Crippen molar-refractivity contribution in [3.05, 3.63) is 29.3 Å². The summed E-state index contributed by atoms with van der Waals surface area (Å²) in [5.41, 5.74) is 3.43. The highest BCUT2D eigenvalue weighted by Gasteiger charge is 2.47. The van der Waals surface area contributed by atoms with Crippen molar-refractivity contribution >= 4 is 21.6 Å². The number of amides is 1. The smallest absolute Gasteiger partial charge is 0.238 e. The van der Waals surface area contributed by atoms with Crippen molar-refractivity contribution in [3.63, 3.8) is 0 Å². The molecule has 4 rings (SSSR count). The second-order valence-electron chi connectivity index (χ2n) is 10.6. The Balaban J connectivity index is 1.31. The highest BCUT2D eigenvalue weighted by molar-refractivity contribution is 7.88. The molecular weight excluding hydrogens is 410 g/mol. The average molecular weight is 448 g/mol. The van der Waals surface area contributed by atoms with E-state index in [-0.39, 0.29) is 16.9 Å². The standard InChI is InChI=1S/C24H37N3O3S/c1-23(2)10-11-24(18-27(23)31(3,29)30)12-14-26(15-13-24)17-22(28)25-21-9-8-19-6-4-5-7-20(19)16-21/h8-9,16H,4-7,10-15,17-18H2,1-3H3,(H,25,28). The molecule has 31 heavy (non-hydrogen) atoms. The summed E-state index contributed by atoms with van der Waals surface area (Å²) < 4.78 is 26.4. The van der Waals surface area contributed by atoms with Gasteiger partial charge in [-0.3, -0.25) is 9.69 Å². The number of hydrogen-bond donors (Lipinski definition) is 1. The Labute approximate surface area is 187 Å². The highest BCUT2D eigenvalue weighted by atomic mass is 32.2. The molecule has 0 saturated carbocycles. The van der Waals surface area contributed by atoms with E-state index in [4.69, 9.17) is 0 Å². The zero-order chi connectivity index (χ0) is 22.3. The monoisotopic (exact) mass is 447 g/mol. The number of nitrogens with zero attached hydrogens (tertiary/aromatic N) is 2. The second kappa shape index (κ2) is 8.49. The van der Waals surface area contributed by atoms with Gasteiger partial charge in [-0.2, -0.15) is 4.31 Å². The number of benzene rings is 1. The molecule has 0 bridgehead atoms. The number of hydrogen-bond acceptors (Lipinski definition) is 4. The van der Waals surface area contributed by atoms with Crippen molar-refractivity contribution in [1.82, 2.24) is 9.21 Å². The van der Waals surface area contributed by atoms with Crippen LogP contribution in [0.3, 0.4) is 0 Å². The van der Waals surface area contributed by atoms with Gasteiger partial charge in [-0.15, -0.1) is 0 Å². The molecule has 172 valence electrons. The zero-order valence-electron chi connectivity index (χ0n) is 19.2. The lowest BCUT2D eigenvalue weighted by molar-refractivity contribution is -0.118. The van der Waals surface area contributed by atoms with Crippen molar-refractivity contribution in [2.24, 2.45) is 5.41 Å². The van der Waals surface area contributed by atoms with E-state index in [0.29, 0.717) is 13.1 Å². The first-order chi connectivity index (χ1) is 14.6. The van der Waals surface area contributed by atoms with Crippen LogP contribution in [0.5, 0.6) is 0 Å². The van der Waals surface area contributed by atoms with Crippen LogP contribution in [0, 0.1) is 5.41 Å². The number of nitrogens with one attached hydrogen (secondary N) is 1. The number of piperidine rings is 2. The fraction of sp³-hybridized carbons (Fsp3) is 0.708. The van der Waals surface area contributed by atoms with Gasteiger partial charge in [0.25, 0.3) is 0 Å². The van der Waals surface area contributed by atoms with Crippen LogP contribution in [0.15, 0.2) is 18.2 Å². The fourth-order valence-corrected chi connectivity index (χ4v) is 7.17. The number of sulfonamides is 1. The molecule has 2 aliphatic heterocycles. The van der Waals surface area contributed by atoms with E-state index in [1.807, 2.05) is 19.9 Å². The zero-order valence-corrected chi connectivity index (χ0v) is 20.1. The molecule has 1 aromatic rings. The maximum atomic E-state index is 12.6. The molecule has 7 heteroatoms. The topological polar surface area (TPSA) is 69.7 Å². The Hall–Kier alpha value is -1.44. The molecule has 6 nitrogen and oxygen atoms in total. The third-order valence-electron chi connectivity index (χ3n) is 7.74. The van der Waals surface area contributed by atoms with Gasteiger partial charge < -0.3 is 5.32 Å². The number of carbonyl (C=O) groups is 1. The van der Waals surface area contributed by atoms with Gasteiger partial charge in [-0.1, -0.05) is 6.07 Å². The van der Waals surface area contributed by atoms with Gasteiger partial charge >= 0.3 is 0 Å². The molecule has 0 unspecified atom stereocenters. The minimum Gasteiger partial charge on any atom is -0.325 e. The van der Waals surface area contributed by atoms with Gasteiger partial charge in [0.15, 0.2) is 0 Å². The summed E-state index contributed by atoms with van der Waals surface area (Å²) in [5, 5.41) is 3.08. The van der Waals surface area contributed by atoms with Crippen LogP contribution in [-0.2, 0) is 27.7 Å². The van der Waals surface area contributed by atoms with Gasteiger partial charge in [0, 0.05) is 17.8 Å². The quantitative estimate of drug-likeness (QED) is 0.768. The second-order valence-corrected chi connectivity index (χ2v) is 12.5. The molecule has 0 radical (unpaired) electrons. The molecule has 2 saturated heterocycles. The molecule has 3 aliphatic rings. The van der Waals surface area contributed by atoms with Gasteiger partial charge in [0.2, 0.25) is 15.9 Å². The molecule has 1 N–H and O–H groups in total. The third-order valence-corrected chi connectivity index (χ3v) is 9.16. The minimum absolute atomic E-state index is 0.0363. The number of anilines is 1. The maximum Gasteiger partial charge on any atom is 0.238 e. The first-order valence-corrected chi connectivity index (χ1v) is 13.5. The number of aryl methyl sites for hydroxylation is 2. The van der Waals surface area contributed by atoms with Gasteiger partial charge in [0.05, 0.1) is 12.8 Å². The van der Waals surface area contributed by atoms with E-state index in [1.165, 1.54) is 30.2 Å². The van der Waals surface area contributed by atoms with Crippen LogP contribution < -0.4 is 5.32 Å². The van der Waals surface area contributed by atoms with Crippen LogP contribution >= 0.6 is 0 Å². The first kappa shape index (κ1) is 22.7. The van der Waals surface area contributed by atoms with Gasteiger partial charge in [0.1, 0.15) is 0 Å². The van der Waals surface area contributed by atoms with E-state index in [0.717, 1.165) is 57.3 Å². The molecule has 1 aromatic carbocycles. The highest BCUT2D eigenvalue weighted by Crippen LogP contribution is 2.45. The third kappa shape index (κ3) is 5.15. The van der Waals surface area contributed by atoms with Gasteiger partial charge in [-0.25, -0.2) is 8.42 Å². The largest absolute Gasteiger partial charge is 0.325 e. The van der Waals surface area contributed by atoms with Crippen molar-refractivity contribution in [2.45, 2.75) is 70.8 Å². The van der Waals surface area contributed by atoms with E-state index in [2.05, 4.69) is 22.3 Å². The lowest BCUT2D eigenvalue weighted by Gasteiger charge is -2.52. The normalized spacial score (nSPS) is 24.0. The summed E-state index contributed by atoms with van der Waals surface area (Å²) in [6.07, 6.45) is 9.90. The lowest BCUT2D eigenvalue weighted by Crippen LogP contribution is -2.58. The Kier molecular flexibility index (Phi) is 6.23. The summed E-state index contributed by atoms with van der Waals surface area (Å²) in [4.78, 5) is 14.9. The Morgan fingerprint density at radius 2 is 1.71 bits per heavy atom. The van der Waals surface area contributed by atoms with Crippen LogP contribution in [-0.4, -0.2) is 61.5 Å². The molecule has 2 fully saturated rings. The summed E-state index contributed by atoms with van der Waals surface area (Å²) >= 11 is 0. The Morgan fingerprint density at radius 1 is 1.03 bits per heavy atom. The predicted octanol–water partition coefficient (Wildman–Crippen LogP) is 3.42. The lowest BCUT2D eigenvalue weighted by atomic mass is 9.69. The predicted molar refractivity (Wildman–Crippen MR) is 125 cm³/mol. The molecule has 1 amide bonds. The average Bonchev–Trinajstić information content (AvgIpc) is 2.71. The van der Waals surface area contributed by atoms with Crippen LogP contribution in [0.4, 0.5) is 5.69 Å². The van der Waals surface area contributed by atoms with Crippen LogP contribution in [0.25, 0.3) is 0 Å². The summed E-state index contributed by atoms with van der Waals surface area (Å²) in [6, 6.07) is 6.32. The summed E-state index contributed by atoms with van der Waals surface area (Å²) in [6.45, 7) is 6.75. The Bertz CT molecular complexity index is 933. The molecule has 0 atom stereocenters. The van der Waals surface area contributed by atoms with Crippen LogP contribution in [0.1, 0.15) is 63.5 Å². The fourth-order valence-electron chi connectivity index (χ4n) is 5.67. The van der Waals surface area contributed by atoms with E-state index in [9.17, 15) is 13.2 Å². The minimum atomic E-state index is -3.23. The number of fused-ring (bicyclic) bond motifs is 1. The van der Waals surface area contributed by atoms with Crippen molar-refractivity contribution in [1.29, 1.82) is 0 Å². The Morgan fingerprint density at radius 3 is 2.39 bits per heavy atom. The van der Waals surface area contributed by atoms with Gasteiger partial charge in [-0.05, 0) is 107 Å². The maximum absolute atomic E-state index is 12.6. The number of carbonyl (C=O) groups excluding carboxylic acids is 1.